The van der Waals surface area contributed by atoms with Crippen molar-refractivity contribution < 1.29 is 9.59 Å². The molecule has 0 saturated carbocycles. The number of carbonyl (C=O) groups is 2. The number of likely N-dealkylation sites (tertiary alicyclic amines) is 1. The highest BCUT2D eigenvalue weighted by Crippen LogP contribution is 2.28. The normalized spacial score (nSPS) is 19.5. The maximum absolute atomic E-state index is 13.3. The minimum Gasteiger partial charge on any atom is -0.336 e. The van der Waals surface area contributed by atoms with Crippen molar-refractivity contribution in [1.82, 2.24) is 9.80 Å². The number of piperidine rings is 1. The van der Waals surface area contributed by atoms with Gasteiger partial charge in [-0.05, 0) is 55.0 Å². The second-order valence-electron chi connectivity index (χ2n) is 7.26. The molecule has 0 aromatic heterocycles. The molecule has 0 N–H and O–H groups in total. The molecule has 2 amide bonds. The van der Waals surface area contributed by atoms with Crippen molar-refractivity contribution in [2.75, 3.05) is 13.1 Å². The lowest BCUT2D eigenvalue weighted by Gasteiger charge is -2.39. The first-order valence-electron chi connectivity index (χ1n) is 9.56. The van der Waals surface area contributed by atoms with Crippen molar-refractivity contribution in [3.63, 3.8) is 0 Å². The number of fused-ring (bicyclic) bond motifs is 1. The molecule has 0 bridgehead atoms. The van der Waals surface area contributed by atoms with Crippen molar-refractivity contribution in [2.24, 2.45) is 0 Å². The molecule has 0 radical (unpaired) electrons. The minimum absolute atomic E-state index is 0.0471. The van der Waals surface area contributed by atoms with E-state index in [4.69, 9.17) is 11.6 Å². The molecule has 4 rings (SSSR count). The molecule has 1 saturated heterocycles. The molecular weight excluding hydrogens is 360 g/mol. The van der Waals surface area contributed by atoms with E-state index in [0.29, 0.717) is 25.2 Å². The average Bonchev–Trinajstić information content (AvgIpc) is 2.73. The van der Waals surface area contributed by atoms with Gasteiger partial charge in [0, 0.05) is 30.2 Å². The summed E-state index contributed by atoms with van der Waals surface area (Å²) in [6.45, 7) is 1.86. The second kappa shape index (κ2) is 7.73. The zero-order chi connectivity index (χ0) is 18.8. The fourth-order valence-electron chi connectivity index (χ4n) is 4.14. The number of nitrogens with zero attached hydrogens (tertiary/aromatic N) is 2. The summed E-state index contributed by atoms with van der Waals surface area (Å²) in [5.41, 5.74) is 2.90. The summed E-state index contributed by atoms with van der Waals surface area (Å²) in [6.07, 6.45) is 3.42. The first-order valence-corrected chi connectivity index (χ1v) is 9.94. The van der Waals surface area contributed by atoms with Crippen LogP contribution in [0.1, 0.15) is 40.7 Å². The SMILES string of the molecule is O=C(C1CCCCN1C(=O)c1ccccc1)N1CCc2c(Cl)cccc2C1. The molecule has 2 aromatic rings. The van der Waals surface area contributed by atoms with Crippen LogP contribution in [0, 0.1) is 0 Å². The van der Waals surface area contributed by atoms with Crippen LogP contribution < -0.4 is 0 Å². The fourth-order valence-corrected chi connectivity index (χ4v) is 4.43. The maximum atomic E-state index is 13.3. The number of amides is 2. The molecule has 2 aliphatic rings. The van der Waals surface area contributed by atoms with Crippen molar-refractivity contribution in [3.05, 3.63) is 70.2 Å². The molecule has 2 heterocycles. The zero-order valence-corrected chi connectivity index (χ0v) is 16.0. The first kappa shape index (κ1) is 18.1. The lowest BCUT2D eigenvalue weighted by Crippen LogP contribution is -2.53. The van der Waals surface area contributed by atoms with E-state index >= 15 is 0 Å². The van der Waals surface area contributed by atoms with Crippen LogP contribution in [0.15, 0.2) is 48.5 Å². The van der Waals surface area contributed by atoms with Gasteiger partial charge in [0.1, 0.15) is 6.04 Å². The molecule has 0 aliphatic carbocycles. The van der Waals surface area contributed by atoms with Crippen LogP contribution in [0.4, 0.5) is 0 Å². The Labute approximate surface area is 164 Å². The Kier molecular flexibility index (Phi) is 5.17. The summed E-state index contributed by atoms with van der Waals surface area (Å²) in [5.74, 6) is 0.0127. The summed E-state index contributed by atoms with van der Waals surface area (Å²) < 4.78 is 0. The molecule has 1 unspecified atom stereocenters. The smallest absolute Gasteiger partial charge is 0.254 e. The average molecular weight is 383 g/mol. The Bertz CT molecular complexity index is 853. The second-order valence-corrected chi connectivity index (χ2v) is 7.67. The Hall–Kier alpha value is -2.33. The Morgan fingerprint density at radius 3 is 2.59 bits per heavy atom. The highest BCUT2D eigenvalue weighted by atomic mass is 35.5. The van der Waals surface area contributed by atoms with Crippen LogP contribution in [-0.2, 0) is 17.8 Å². The number of carbonyl (C=O) groups excluding carboxylic acids is 2. The minimum atomic E-state index is -0.368. The highest BCUT2D eigenvalue weighted by molar-refractivity contribution is 6.31. The summed E-state index contributed by atoms with van der Waals surface area (Å²) >= 11 is 6.29. The predicted molar refractivity (Wildman–Crippen MR) is 106 cm³/mol. The van der Waals surface area contributed by atoms with Crippen LogP contribution in [0.3, 0.4) is 0 Å². The molecule has 2 aromatic carbocycles. The molecule has 1 atom stereocenters. The van der Waals surface area contributed by atoms with Gasteiger partial charge < -0.3 is 9.80 Å². The summed E-state index contributed by atoms with van der Waals surface area (Å²) in [4.78, 5) is 29.9. The third-order valence-corrected chi connectivity index (χ3v) is 5.94. The molecule has 27 heavy (non-hydrogen) atoms. The van der Waals surface area contributed by atoms with E-state index in [9.17, 15) is 9.59 Å². The van der Waals surface area contributed by atoms with Gasteiger partial charge in [0.2, 0.25) is 5.91 Å². The number of halogens is 1. The quantitative estimate of drug-likeness (QED) is 0.789. The van der Waals surface area contributed by atoms with Gasteiger partial charge in [0.15, 0.2) is 0 Å². The first-order chi connectivity index (χ1) is 13.1. The van der Waals surface area contributed by atoms with Crippen LogP contribution in [-0.4, -0.2) is 40.7 Å². The summed E-state index contributed by atoms with van der Waals surface area (Å²) in [7, 11) is 0. The van der Waals surface area contributed by atoms with Gasteiger partial charge in [-0.25, -0.2) is 0 Å². The van der Waals surface area contributed by atoms with Gasteiger partial charge in [-0.2, -0.15) is 0 Å². The van der Waals surface area contributed by atoms with Gasteiger partial charge in [0.05, 0.1) is 0 Å². The molecular formula is C22H23ClN2O2. The van der Waals surface area contributed by atoms with Crippen molar-refractivity contribution >= 4 is 23.4 Å². The topological polar surface area (TPSA) is 40.6 Å². The molecule has 0 spiro atoms. The Morgan fingerprint density at radius 2 is 1.78 bits per heavy atom. The van der Waals surface area contributed by atoms with E-state index in [0.717, 1.165) is 41.8 Å². The number of hydrogen-bond donors (Lipinski definition) is 0. The van der Waals surface area contributed by atoms with E-state index < -0.39 is 0 Å². The van der Waals surface area contributed by atoms with Crippen LogP contribution in [0.5, 0.6) is 0 Å². The van der Waals surface area contributed by atoms with E-state index in [1.165, 1.54) is 0 Å². The molecule has 1 fully saturated rings. The van der Waals surface area contributed by atoms with Gasteiger partial charge in [-0.3, -0.25) is 9.59 Å². The van der Waals surface area contributed by atoms with Gasteiger partial charge >= 0.3 is 0 Å². The Balaban J connectivity index is 1.54. The number of hydrogen-bond acceptors (Lipinski definition) is 2. The lowest BCUT2D eigenvalue weighted by atomic mass is 9.96. The third-order valence-electron chi connectivity index (χ3n) is 5.59. The van der Waals surface area contributed by atoms with E-state index in [-0.39, 0.29) is 17.9 Å². The van der Waals surface area contributed by atoms with Gasteiger partial charge in [0.25, 0.3) is 5.91 Å². The molecule has 2 aliphatic heterocycles. The predicted octanol–water partition coefficient (Wildman–Crippen LogP) is 3.92. The standard InChI is InChI=1S/C22H23ClN2O2/c23-19-10-6-9-17-15-24(14-12-18(17)19)22(27)20-11-4-5-13-25(20)21(26)16-7-2-1-3-8-16/h1-3,6-10,20H,4-5,11-15H2. The number of rotatable bonds is 2. The molecule has 140 valence electrons. The number of benzene rings is 2. The summed E-state index contributed by atoms with van der Waals surface area (Å²) in [6, 6.07) is 14.8. The van der Waals surface area contributed by atoms with E-state index in [1.54, 1.807) is 4.90 Å². The summed E-state index contributed by atoms with van der Waals surface area (Å²) in [5, 5.41) is 0.776. The zero-order valence-electron chi connectivity index (χ0n) is 15.2. The largest absolute Gasteiger partial charge is 0.336 e. The van der Waals surface area contributed by atoms with Crippen LogP contribution >= 0.6 is 11.6 Å². The van der Waals surface area contributed by atoms with Gasteiger partial charge in [-0.15, -0.1) is 0 Å². The third kappa shape index (κ3) is 3.59. The molecule has 4 nitrogen and oxygen atoms in total. The monoisotopic (exact) mass is 382 g/mol. The van der Waals surface area contributed by atoms with Crippen LogP contribution in [0.2, 0.25) is 5.02 Å². The van der Waals surface area contributed by atoms with E-state index in [2.05, 4.69) is 0 Å². The van der Waals surface area contributed by atoms with Crippen molar-refractivity contribution in [1.29, 1.82) is 0 Å². The van der Waals surface area contributed by atoms with Crippen LogP contribution in [0.25, 0.3) is 0 Å². The highest BCUT2D eigenvalue weighted by Gasteiger charge is 2.36. The van der Waals surface area contributed by atoms with Crippen molar-refractivity contribution in [2.45, 2.75) is 38.3 Å². The lowest BCUT2D eigenvalue weighted by molar-refractivity contribution is -0.138. The Morgan fingerprint density at radius 1 is 0.963 bits per heavy atom. The fraction of sp³-hybridized carbons (Fsp3) is 0.364. The van der Waals surface area contributed by atoms with E-state index in [1.807, 2.05) is 53.4 Å². The maximum Gasteiger partial charge on any atom is 0.254 e. The molecule has 5 heteroatoms. The van der Waals surface area contributed by atoms with Gasteiger partial charge in [-0.1, -0.05) is 41.9 Å². The van der Waals surface area contributed by atoms with Crippen molar-refractivity contribution in [3.8, 4) is 0 Å².